The lowest BCUT2D eigenvalue weighted by atomic mass is 10.3. The summed E-state index contributed by atoms with van der Waals surface area (Å²) in [4.78, 5) is 15.7. The molecule has 2 rings (SSSR count). The molecule has 1 amide bonds. The fraction of sp³-hybridized carbons (Fsp3) is 0.917. The van der Waals surface area contributed by atoms with Crippen LogP contribution in [-0.2, 0) is 9.53 Å². The van der Waals surface area contributed by atoms with Gasteiger partial charge in [0.25, 0.3) is 0 Å². The summed E-state index contributed by atoms with van der Waals surface area (Å²) in [6.45, 7) is 10.2. The van der Waals surface area contributed by atoms with E-state index in [0.717, 1.165) is 52.4 Å². The lowest BCUT2D eigenvalue weighted by molar-refractivity contribution is -0.129. The molecule has 2 aliphatic rings. The first kappa shape index (κ1) is 14.4. The van der Waals surface area contributed by atoms with Crippen molar-refractivity contribution in [1.82, 2.24) is 9.80 Å². The number of ether oxygens (including phenoxy) is 1. The normalized spacial score (nSPS) is 25.7. The Balaban J connectivity index is 0.000000686. The minimum Gasteiger partial charge on any atom is -0.379 e. The van der Waals surface area contributed by atoms with E-state index in [1.165, 1.54) is 0 Å². The number of carbonyl (C=O) groups is 1. The van der Waals surface area contributed by atoms with Gasteiger partial charge < -0.3 is 15.4 Å². The molecule has 0 aromatic heterocycles. The van der Waals surface area contributed by atoms with Crippen LogP contribution in [0.4, 0.5) is 0 Å². The van der Waals surface area contributed by atoms with Crippen molar-refractivity contribution >= 4 is 5.91 Å². The average molecular weight is 243 g/mol. The zero-order valence-corrected chi connectivity index (χ0v) is 11.0. The second-order valence-corrected chi connectivity index (χ2v) is 4.17. The fourth-order valence-electron chi connectivity index (χ4n) is 2.07. The summed E-state index contributed by atoms with van der Waals surface area (Å²) in [6, 6.07) is -0.255. The highest BCUT2D eigenvalue weighted by molar-refractivity contribution is 5.83. The van der Waals surface area contributed by atoms with Crippen LogP contribution in [0.2, 0.25) is 0 Å². The van der Waals surface area contributed by atoms with Crippen LogP contribution in [0.5, 0.6) is 0 Å². The topological polar surface area (TPSA) is 58.8 Å². The van der Waals surface area contributed by atoms with E-state index in [0.29, 0.717) is 0 Å². The Kier molecular flexibility index (Phi) is 6.47. The van der Waals surface area contributed by atoms with Crippen LogP contribution in [0.1, 0.15) is 20.3 Å². The summed E-state index contributed by atoms with van der Waals surface area (Å²) in [5, 5.41) is 0. The molecule has 5 heteroatoms. The standard InChI is InChI=1S/C10H19N3O2.C2H6/c11-9-1-2-13(10(9)14)4-3-12-5-7-15-8-6-12;1-2/h9H,1-8,11H2;1-2H3. The lowest BCUT2D eigenvalue weighted by Gasteiger charge is -2.28. The van der Waals surface area contributed by atoms with Crippen molar-refractivity contribution in [2.45, 2.75) is 26.3 Å². The minimum absolute atomic E-state index is 0.114. The Morgan fingerprint density at radius 1 is 1.24 bits per heavy atom. The summed E-state index contributed by atoms with van der Waals surface area (Å²) in [5.74, 6) is 0.114. The summed E-state index contributed by atoms with van der Waals surface area (Å²) < 4.78 is 5.27. The van der Waals surface area contributed by atoms with Crippen LogP contribution in [0.25, 0.3) is 0 Å². The van der Waals surface area contributed by atoms with Gasteiger partial charge in [-0.1, -0.05) is 13.8 Å². The molecule has 17 heavy (non-hydrogen) atoms. The average Bonchev–Trinajstić information content (AvgIpc) is 2.71. The van der Waals surface area contributed by atoms with E-state index >= 15 is 0 Å². The van der Waals surface area contributed by atoms with Crippen molar-refractivity contribution in [1.29, 1.82) is 0 Å². The summed E-state index contributed by atoms with van der Waals surface area (Å²) >= 11 is 0. The van der Waals surface area contributed by atoms with Crippen LogP contribution in [0.3, 0.4) is 0 Å². The summed E-state index contributed by atoms with van der Waals surface area (Å²) in [6.07, 6.45) is 0.807. The zero-order valence-electron chi connectivity index (χ0n) is 11.0. The monoisotopic (exact) mass is 243 g/mol. The Bertz CT molecular complexity index is 230. The van der Waals surface area contributed by atoms with Gasteiger partial charge in [-0.3, -0.25) is 9.69 Å². The van der Waals surface area contributed by atoms with Crippen molar-refractivity contribution in [2.24, 2.45) is 5.73 Å². The van der Waals surface area contributed by atoms with Gasteiger partial charge in [0.05, 0.1) is 19.3 Å². The van der Waals surface area contributed by atoms with Crippen LogP contribution in [0.15, 0.2) is 0 Å². The first-order valence-electron chi connectivity index (χ1n) is 6.62. The number of morpholine rings is 1. The molecule has 2 heterocycles. The first-order chi connectivity index (χ1) is 8.27. The van der Waals surface area contributed by atoms with E-state index in [1.54, 1.807) is 0 Å². The number of nitrogens with zero attached hydrogens (tertiary/aromatic N) is 2. The molecule has 0 radical (unpaired) electrons. The largest absolute Gasteiger partial charge is 0.379 e. The number of nitrogens with two attached hydrogens (primary N) is 1. The van der Waals surface area contributed by atoms with E-state index in [1.807, 2.05) is 18.7 Å². The van der Waals surface area contributed by atoms with E-state index < -0.39 is 0 Å². The third-order valence-electron chi connectivity index (χ3n) is 3.13. The molecule has 2 fully saturated rings. The van der Waals surface area contributed by atoms with E-state index in [9.17, 15) is 4.79 Å². The van der Waals surface area contributed by atoms with Gasteiger partial charge in [-0.05, 0) is 6.42 Å². The number of hydrogen-bond acceptors (Lipinski definition) is 4. The number of amides is 1. The predicted molar refractivity (Wildman–Crippen MR) is 67.8 cm³/mol. The molecule has 0 bridgehead atoms. The van der Waals surface area contributed by atoms with E-state index in [-0.39, 0.29) is 11.9 Å². The highest BCUT2D eigenvalue weighted by Crippen LogP contribution is 2.08. The third-order valence-corrected chi connectivity index (χ3v) is 3.13. The Morgan fingerprint density at radius 2 is 1.88 bits per heavy atom. The Labute approximate surface area is 104 Å². The molecular weight excluding hydrogens is 218 g/mol. The highest BCUT2D eigenvalue weighted by Gasteiger charge is 2.28. The smallest absolute Gasteiger partial charge is 0.239 e. The van der Waals surface area contributed by atoms with Gasteiger partial charge in [-0.25, -0.2) is 0 Å². The molecule has 0 spiro atoms. The molecule has 0 aliphatic carbocycles. The van der Waals surface area contributed by atoms with Gasteiger partial charge in [0.1, 0.15) is 0 Å². The maximum absolute atomic E-state index is 11.5. The van der Waals surface area contributed by atoms with Crippen LogP contribution in [-0.4, -0.2) is 67.7 Å². The highest BCUT2D eigenvalue weighted by atomic mass is 16.5. The minimum atomic E-state index is -0.255. The van der Waals surface area contributed by atoms with Crippen LogP contribution >= 0.6 is 0 Å². The molecule has 5 nitrogen and oxygen atoms in total. The van der Waals surface area contributed by atoms with Crippen molar-refractivity contribution in [3.63, 3.8) is 0 Å². The molecule has 2 N–H and O–H groups in total. The number of carbonyl (C=O) groups excluding carboxylic acids is 1. The van der Waals surface area contributed by atoms with Gasteiger partial charge in [-0.15, -0.1) is 0 Å². The summed E-state index contributed by atoms with van der Waals surface area (Å²) in [7, 11) is 0. The van der Waals surface area contributed by atoms with Crippen LogP contribution in [0, 0.1) is 0 Å². The predicted octanol–water partition coefficient (Wildman–Crippen LogP) is -0.0956. The maximum Gasteiger partial charge on any atom is 0.239 e. The van der Waals surface area contributed by atoms with Gasteiger partial charge in [-0.2, -0.15) is 0 Å². The van der Waals surface area contributed by atoms with Crippen molar-refractivity contribution in [3.05, 3.63) is 0 Å². The van der Waals surface area contributed by atoms with E-state index in [4.69, 9.17) is 10.5 Å². The van der Waals surface area contributed by atoms with E-state index in [2.05, 4.69) is 4.90 Å². The number of hydrogen-bond donors (Lipinski definition) is 1. The second kappa shape index (κ2) is 7.63. The van der Waals surface area contributed by atoms with Gasteiger partial charge >= 0.3 is 0 Å². The lowest BCUT2D eigenvalue weighted by Crippen LogP contribution is -2.43. The fourth-order valence-corrected chi connectivity index (χ4v) is 2.07. The van der Waals surface area contributed by atoms with Gasteiger partial charge in [0, 0.05) is 32.7 Å². The van der Waals surface area contributed by atoms with Crippen LogP contribution < -0.4 is 5.73 Å². The second-order valence-electron chi connectivity index (χ2n) is 4.17. The van der Waals surface area contributed by atoms with Crippen molar-refractivity contribution in [2.75, 3.05) is 45.9 Å². The number of rotatable bonds is 3. The number of likely N-dealkylation sites (tertiary alicyclic amines) is 1. The van der Waals surface area contributed by atoms with Gasteiger partial charge in [0.2, 0.25) is 5.91 Å². The first-order valence-corrected chi connectivity index (χ1v) is 6.62. The molecule has 2 aliphatic heterocycles. The zero-order chi connectivity index (χ0) is 12.7. The molecule has 100 valence electrons. The SMILES string of the molecule is CC.NC1CCN(CCN2CCOCC2)C1=O. The van der Waals surface area contributed by atoms with Crippen molar-refractivity contribution < 1.29 is 9.53 Å². The molecule has 0 aromatic carbocycles. The molecular formula is C12H25N3O2. The molecule has 0 saturated carbocycles. The van der Waals surface area contributed by atoms with Crippen molar-refractivity contribution in [3.8, 4) is 0 Å². The third kappa shape index (κ3) is 4.26. The quantitative estimate of drug-likeness (QED) is 0.752. The Hall–Kier alpha value is -0.650. The molecule has 1 atom stereocenters. The molecule has 0 aromatic rings. The maximum atomic E-state index is 11.5. The molecule has 2 saturated heterocycles. The van der Waals surface area contributed by atoms with Gasteiger partial charge in [0.15, 0.2) is 0 Å². The molecule has 1 unspecified atom stereocenters. The Morgan fingerprint density at radius 3 is 2.41 bits per heavy atom. The summed E-state index contributed by atoms with van der Waals surface area (Å²) in [5.41, 5.74) is 5.65.